The molecule has 0 aliphatic rings. The summed E-state index contributed by atoms with van der Waals surface area (Å²) in [5.74, 6) is -1.02. The van der Waals surface area contributed by atoms with Gasteiger partial charge in [-0.1, -0.05) is 0 Å². The summed E-state index contributed by atoms with van der Waals surface area (Å²) < 4.78 is 0. The lowest BCUT2D eigenvalue weighted by Crippen LogP contribution is -1.96. The van der Waals surface area contributed by atoms with E-state index >= 15 is 0 Å². The van der Waals surface area contributed by atoms with Crippen molar-refractivity contribution in [2.24, 2.45) is 0 Å². The van der Waals surface area contributed by atoms with Gasteiger partial charge in [0.2, 0.25) is 0 Å². The average Bonchev–Trinajstić information content (AvgIpc) is 2.77. The molecule has 0 aliphatic heterocycles. The smallest absolute Gasteiger partial charge is 0.348 e. The van der Waals surface area contributed by atoms with Crippen LogP contribution in [0.2, 0.25) is 0 Å². The Kier molecular flexibility index (Phi) is 2.64. The second kappa shape index (κ2) is 4.33. The van der Waals surface area contributed by atoms with Crippen molar-refractivity contribution >= 4 is 33.2 Å². The number of fused-ring (bicyclic) bond motifs is 1. The molecule has 3 rings (SSSR count). The molecule has 3 N–H and O–H groups in total. The standard InChI is InChI=1S/C13H9N3O2S/c14-10-8-3-4-9(7-2-1-5-15-6-7)16-12(8)19-11(10)13(17)18/h1-6H,14H2,(H,17,18). The summed E-state index contributed by atoms with van der Waals surface area (Å²) in [5, 5.41) is 9.72. The van der Waals surface area contributed by atoms with E-state index in [0.29, 0.717) is 10.2 Å². The Balaban J connectivity index is 2.19. The fourth-order valence-electron chi connectivity index (χ4n) is 1.83. The first kappa shape index (κ1) is 11.6. The summed E-state index contributed by atoms with van der Waals surface area (Å²) >= 11 is 1.08. The molecule has 0 fully saturated rings. The monoisotopic (exact) mass is 271 g/mol. The zero-order valence-corrected chi connectivity index (χ0v) is 10.5. The van der Waals surface area contributed by atoms with E-state index in [2.05, 4.69) is 9.97 Å². The zero-order valence-electron chi connectivity index (χ0n) is 9.70. The van der Waals surface area contributed by atoms with Gasteiger partial charge in [-0.05, 0) is 24.3 Å². The van der Waals surface area contributed by atoms with Crippen molar-refractivity contribution in [1.29, 1.82) is 0 Å². The highest BCUT2D eigenvalue weighted by atomic mass is 32.1. The normalized spacial score (nSPS) is 10.7. The number of nitrogens with two attached hydrogens (primary N) is 1. The number of carboxylic acid groups (broad SMARTS) is 1. The lowest BCUT2D eigenvalue weighted by molar-refractivity contribution is 0.0703. The van der Waals surface area contributed by atoms with Crippen LogP contribution >= 0.6 is 11.3 Å². The van der Waals surface area contributed by atoms with Gasteiger partial charge in [0.15, 0.2) is 0 Å². The van der Waals surface area contributed by atoms with Crippen molar-refractivity contribution in [2.75, 3.05) is 5.73 Å². The van der Waals surface area contributed by atoms with E-state index in [1.54, 1.807) is 18.5 Å². The van der Waals surface area contributed by atoms with Crippen LogP contribution in [-0.2, 0) is 0 Å². The van der Waals surface area contributed by atoms with Crippen LogP contribution in [0.5, 0.6) is 0 Å². The maximum atomic E-state index is 11.0. The summed E-state index contributed by atoms with van der Waals surface area (Å²) in [7, 11) is 0. The van der Waals surface area contributed by atoms with E-state index in [1.165, 1.54) is 0 Å². The summed E-state index contributed by atoms with van der Waals surface area (Å²) in [6.45, 7) is 0. The fraction of sp³-hybridized carbons (Fsp3) is 0. The first-order valence-corrected chi connectivity index (χ1v) is 6.31. The summed E-state index contributed by atoms with van der Waals surface area (Å²) in [6.07, 6.45) is 3.40. The SMILES string of the molecule is Nc1c(C(=O)O)sc2nc(-c3cccnc3)ccc12. The molecule has 0 saturated heterocycles. The molecule has 0 spiro atoms. The van der Waals surface area contributed by atoms with Gasteiger partial charge < -0.3 is 10.8 Å². The number of carboxylic acids is 1. The number of carbonyl (C=O) groups is 1. The van der Waals surface area contributed by atoms with Crippen LogP contribution in [0.3, 0.4) is 0 Å². The summed E-state index contributed by atoms with van der Waals surface area (Å²) in [5.41, 5.74) is 7.71. The largest absolute Gasteiger partial charge is 0.477 e. The van der Waals surface area contributed by atoms with Gasteiger partial charge in [0.1, 0.15) is 9.71 Å². The number of hydrogen-bond acceptors (Lipinski definition) is 5. The lowest BCUT2D eigenvalue weighted by Gasteiger charge is -1.99. The average molecular weight is 271 g/mol. The molecule has 3 aromatic heterocycles. The van der Waals surface area contributed by atoms with Gasteiger partial charge in [0, 0.05) is 23.3 Å². The molecule has 5 nitrogen and oxygen atoms in total. The van der Waals surface area contributed by atoms with Crippen molar-refractivity contribution in [3.63, 3.8) is 0 Å². The minimum atomic E-state index is -1.02. The fourth-order valence-corrected chi connectivity index (χ4v) is 2.76. The van der Waals surface area contributed by atoms with Crippen molar-refractivity contribution in [1.82, 2.24) is 9.97 Å². The van der Waals surface area contributed by atoms with Crippen LogP contribution < -0.4 is 5.73 Å². The Hall–Kier alpha value is -2.47. The molecule has 94 valence electrons. The predicted molar refractivity (Wildman–Crippen MR) is 74.2 cm³/mol. The number of aromatic nitrogens is 2. The van der Waals surface area contributed by atoms with Crippen LogP contribution in [0, 0.1) is 0 Å². The maximum absolute atomic E-state index is 11.0. The molecule has 0 atom stereocenters. The molecule has 0 amide bonds. The van der Waals surface area contributed by atoms with E-state index in [-0.39, 0.29) is 10.6 Å². The summed E-state index contributed by atoms with van der Waals surface area (Å²) in [6, 6.07) is 7.33. The molecule has 0 aromatic carbocycles. The van der Waals surface area contributed by atoms with E-state index in [9.17, 15) is 4.79 Å². The van der Waals surface area contributed by atoms with E-state index in [0.717, 1.165) is 22.6 Å². The maximum Gasteiger partial charge on any atom is 0.348 e. The summed E-state index contributed by atoms with van der Waals surface area (Å²) in [4.78, 5) is 20.3. The Bertz CT molecular complexity index is 768. The van der Waals surface area contributed by atoms with Gasteiger partial charge in [-0.3, -0.25) is 4.98 Å². The zero-order chi connectivity index (χ0) is 13.4. The van der Waals surface area contributed by atoms with Crippen LogP contribution in [-0.4, -0.2) is 21.0 Å². The van der Waals surface area contributed by atoms with E-state index in [1.807, 2.05) is 18.2 Å². The van der Waals surface area contributed by atoms with Crippen LogP contribution in [0.4, 0.5) is 5.69 Å². The van der Waals surface area contributed by atoms with Gasteiger partial charge in [-0.2, -0.15) is 0 Å². The third-order valence-corrected chi connectivity index (χ3v) is 3.85. The Morgan fingerprint density at radius 1 is 1.32 bits per heavy atom. The minimum absolute atomic E-state index is 0.130. The molecule has 0 bridgehead atoms. The third kappa shape index (κ3) is 1.92. The van der Waals surface area contributed by atoms with E-state index < -0.39 is 5.97 Å². The quantitative estimate of drug-likeness (QED) is 0.748. The molecule has 0 aliphatic carbocycles. The minimum Gasteiger partial charge on any atom is -0.477 e. The number of thiophene rings is 1. The number of rotatable bonds is 2. The third-order valence-electron chi connectivity index (χ3n) is 2.75. The van der Waals surface area contributed by atoms with Crippen LogP contribution in [0.1, 0.15) is 9.67 Å². The number of pyridine rings is 2. The highest BCUT2D eigenvalue weighted by Crippen LogP contribution is 2.33. The van der Waals surface area contributed by atoms with Crippen molar-refractivity contribution in [2.45, 2.75) is 0 Å². The lowest BCUT2D eigenvalue weighted by atomic mass is 10.1. The molecular weight excluding hydrogens is 262 g/mol. The van der Waals surface area contributed by atoms with Crippen molar-refractivity contribution < 1.29 is 9.90 Å². The molecule has 0 saturated carbocycles. The van der Waals surface area contributed by atoms with Gasteiger partial charge in [0.25, 0.3) is 0 Å². The molecule has 6 heteroatoms. The predicted octanol–water partition coefficient (Wildman–Crippen LogP) is 2.64. The van der Waals surface area contributed by atoms with E-state index in [4.69, 9.17) is 10.8 Å². The number of nitrogen functional groups attached to an aromatic ring is 1. The second-order valence-electron chi connectivity index (χ2n) is 3.94. The number of anilines is 1. The highest BCUT2D eigenvalue weighted by Gasteiger charge is 2.16. The van der Waals surface area contributed by atoms with Gasteiger partial charge in [-0.15, -0.1) is 11.3 Å². The van der Waals surface area contributed by atoms with Crippen molar-refractivity contribution in [3.05, 3.63) is 41.5 Å². The molecule has 0 radical (unpaired) electrons. The molecular formula is C13H9N3O2S. The molecule has 0 unspecified atom stereocenters. The topological polar surface area (TPSA) is 89.1 Å². The second-order valence-corrected chi connectivity index (χ2v) is 4.94. The van der Waals surface area contributed by atoms with Gasteiger partial charge >= 0.3 is 5.97 Å². The molecule has 19 heavy (non-hydrogen) atoms. The molecule has 3 heterocycles. The van der Waals surface area contributed by atoms with Crippen LogP contribution in [0.25, 0.3) is 21.5 Å². The highest BCUT2D eigenvalue weighted by molar-refractivity contribution is 7.21. The Morgan fingerprint density at radius 2 is 2.16 bits per heavy atom. The van der Waals surface area contributed by atoms with Gasteiger partial charge in [0.05, 0.1) is 11.4 Å². The number of hydrogen-bond donors (Lipinski definition) is 2. The molecule has 3 aromatic rings. The van der Waals surface area contributed by atoms with Crippen LogP contribution in [0.15, 0.2) is 36.7 Å². The Morgan fingerprint density at radius 3 is 2.84 bits per heavy atom. The number of aromatic carboxylic acids is 1. The van der Waals surface area contributed by atoms with Gasteiger partial charge in [-0.25, -0.2) is 9.78 Å². The first-order chi connectivity index (χ1) is 9.16. The Labute approximate surface area is 112 Å². The first-order valence-electron chi connectivity index (χ1n) is 5.49. The van der Waals surface area contributed by atoms with Crippen molar-refractivity contribution in [3.8, 4) is 11.3 Å². The number of nitrogens with zero attached hydrogens (tertiary/aromatic N) is 2.